The molecule has 0 unspecified atom stereocenters. The van der Waals surface area contributed by atoms with Crippen LogP contribution in [-0.4, -0.2) is 21.8 Å². The molecule has 2 aromatic heterocycles. The third-order valence-corrected chi connectivity index (χ3v) is 3.27. The lowest BCUT2D eigenvalue weighted by atomic mass is 10.1. The van der Waals surface area contributed by atoms with Crippen molar-refractivity contribution in [2.24, 2.45) is 0 Å². The molecule has 0 N–H and O–H groups in total. The molecule has 86 valence electrons. The molecule has 17 heavy (non-hydrogen) atoms. The zero-order chi connectivity index (χ0) is 11.7. The van der Waals surface area contributed by atoms with Gasteiger partial charge in [-0.3, -0.25) is 0 Å². The van der Waals surface area contributed by atoms with E-state index in [2.05, 4.69) is 14.7 Å². The van der Waals surface area contributed by atoms with Gasteiger partial charge in [0.25, 0.3) is 0 Å². The number of benzene rings is 1. The molecular formula is C11H9N3O2S. The molecule has 0 saturated carbocycles. The number of aromatic nitrogens is 3. The summed E-state index contributed by atoms with van der Waals surface area (Å²) in [7, 11) is 1.67. The number of ether oxygens (including phenoxy) is 1. The molecule has 0 spiro atoms. The Balaban J connectivity index is 2.20. The van der Waals surface area contributed by atoms with Crippen LogP contribution in [0, 0.1) is 0 Å². The second-order valence-corrected chi connectivity index (χ2v) is 4.42. The van der Waals surface area contributed by atoms with Gasteiger partial charge in [-0.2, -0.15) is 0 Å². The van der Waals surface area contributed by atoms with Gasteiger partial charge in [0.1, 0.15) is 11.0 Å². The summed E-state index contributed by atoms with van der Waals surface area (Å²) in [6.07, 6.45) is 1.82. The summed E-state index contributed by atoms with van der Waals surface area (Å²) in [4.78, 5) is 1.07. The minimum Gasteiger partial charge on any atom is -0.379 e. The van der Waals surface area contributed by atoms with E-state index in [1.165, 1.54) is 11.5 Å². The lowest BCUT2D eigenvalue weighted by Gasteiger charge is -2.01. The molecule has 5 nitrogen and oxygen atoms in total. The first-order valence-electron chi connectivity index (χ1n) is 5.04. The summed E-state index contributed by atoms with van der Waals surface area (Å²) in [5.41, 5.74) is 3.50. The Kier molecular flexibility index (Phi) is 2.58. The Morgan fingerprint density at radius 3 is 3.12 bits per heavy atom. The quantitative estimate of drug-likeness (QED) is 0.711. The van der Waals surface area contributed by atoms with E-state index in [0.717, 1.165) is 27.0 Å². The highest BCUT2D eigenvalue weighted by Crippen LogP contribution is 2.31. The minimum absolute atomic E-state index is 0.543. The average molecular weight is 247 g/mol. The van der Waals surface area contributed by atoms with Crippen LogP contribution in [-0.2, 0) is 11.3 Å². The molecule has 3 aromatic rings. The van der Waals surface area contributed by atoms with Crippen molar-refractivity contribution >= 4 is 22.6 Å². The fourth-order valence-corrected chi connectivity index (χ4v) is 2.46. The SMILES string of the molecule is COCc1sncc1-c1cccc2nonc12. The van der Waals surface area contributed by atoms with E-state index in [1.54, 1.807) is 7.11 Å². The average Bonchev–Trinajstić information content (AvgIpc) is 2.96. The number of nitrogens with zero attached hydrogens (tertiary/aromatic N) is 3. The fraction of sp³-hybridized carbons (Fsp3) is 0.182. The summed E-state index contributed by atoms with van der Waals surface area (Å²) in [5, 5.41) is 7.76. The van der Waals surface area contributed by atoms with E-state index in [4.69, 9.17) is 9.37 Å². The zero-order valence-corrected chi connectivity index (χ0v) is 9.90. The summed E-state index contributed by atoms with van der Waals surface area (Å²) in [6.45, 7) is 0.543. The molecule has 2 heterocycles. The minimum atomic E-state index is 0.543. The molecule has 6 heteroatoms. The molecule has 0 aliphatic heterocycles. The standard InChI is InChI=1S/C11H9N3O2S/c1-15-6-10-8(5-12-17-10)7-3-2-4-9-11(7)14-16-13-9/h2-5H,6H2,1H3. The van der Waals surface area contributed by atoms with Gasteiger partial charge in [0, 0.05) is 24.4 Å². The van der Waals surface area contributed by atoms with Crippen LogP contribution in [0.4, 0.5) is 0 Å². The molecule has 0 fully saturated rings. The monoisotopic (exact) mass is 247 g/mol. The third-order valence-electron chi connectivity index (χ3n) is 2.50. The Morgan fingerprint density at radius 1 is 1.29 bits per heavy atom. The van der Waals surface area contributed by atoms with E-state index in [9.17, 15) is 0 Å². The summed E-state index contributed by atoms with van der Waals surface area (Å²) >= 11 is 1.43. The van der Waals surface area contributed by atoms with Gasteiger partial charge < -0.3 is 4.74 Å². The number of hydrogen-bond donors (Lipinski definition) is 0. The largest absolute Gasteiger partial charge is 0.379 e. The number of hydrogen-bond acceptors (Lipinski definition) is 6. The van der Waals surface area contributed by atoms with Gasteiger partial charge in [-0.25, -0.2) is 9.00 Å². The Bertz CT molecular complexity index is 647. The highest BCUT2D eigenvalue weighted by molar-refractivity contribution is 7.06. The first-order chi connectivity index (χ1) is 8.40. The smallest absolute Gasteiger partial charge is 0.143 e. The number of rotatable bonds is 3. The first-order valence-corrected chi connectivity index (χ1v) is 5.81. The van der Waals surface area contributed by atoms with Crippen LogP contribution >= 0.6 is 11.5 Å². The summed E-state index contributed by atoms with van der Waals surface area (Å²) in [6, 6.07) is 5.77. The van der Waals surface area contributed by atoms with Crippen molar-refractivity contribution in [3.8, 4) is 11.1 Å². The zero-order valence-electron chi connectivity index (χ0n) is 9.08. The Morgan fingerprint density at radius 2 is 2.24 bits per heavy atom. The van der Waals surface area contributed by atoms with Gasteiger partial charge in [0.2, 0.25) is 0 Å². The fourth-order valence-electron chi connectivity index (χ4n) is 1.74. The summed E-state index contributed by atoms with van der Waals surface area (Å²) < 4.78 is 14.1. The van der Waals surface area contributed by atoms with Gasteiger partial charge in [0.05, 0.1) is 11.5 Å². The van der Waals surface area contributed by atoms with Crippen LogP contribution in [0.25, 0.3) is 22.2 Å². The molecular weight excluding hydrogens is 238 g/mol. The van der Waals surface area contributed by atoms with E-state index < -0.39 is 0 Å². The van der Waals surface area contributed by atoms with Crippen molar-refractivity contribution in [3.63, 3.8) is 0 Å². The van der Waals surface area contributed by atoms with Gasteiger partial charge in [0.15, 0.2) is 0 Å². The lowest BCUT2D eigenvalue weighted by Crippen LogP contribution is -1.87. The lowest BCUT2D eigenvalue weighted by molar-refractivity contribution is 0.188. The maximum atomic E-state index is 5.15. The summed E-state index contributed by atoms with van der Waals surface area (Å²) in [5.74, 6) is 0. The molecule has 0 bridgehead atoms. The predicted molar refractivity (Wildman–Crippen MR) is 63.6 cm³/mol. The molecule has 0 aliphatic rings. The van der Waals surface area contributed by atoms with Crippen LogP contribution in [0.15, 0.2) is 29.0 Å². The Labute approximate surface area is 101 Å². The van der Waals surface area contributed by atoms with E-state index in [1.807, 2.05) is 24.4 Å². The predicted octanol–water partition coefficient (Wildman–Crippen LogP) is 2.49. The number of fused-ring (bicyclic) bond motifs is 1. The topological polar surface area (TPSA) is 61.0 Å². The van der Waals surface area contributed by atoms with Crippen molar-refractivity contribution in [2.45, 2.75) is 6.61 Å². The molecule has 0 atom stereocenters. The van der Waals surface area contributed by atoms with Crippen LogP contribution < -0.4 is 0 Å². The van der Waals surface area contributed by atoms with Gasteiger partial charge in [-0.15, -0.1) is 0 Å². The van der Waals surface area contributed by atoms with Gasteiger partial charge in [-0.1, -0.05) is 12.1 Å². The van der Waals surface area contributed by atoms with Crippen LogP contribution in [0.1, 0.15) is 4.88 Å². The van der Waals surface area contributed by atoms with Crippen LogP contribution in [0.3, 0.4) is 0 Å². The first kappa shape index (κ1) is 10.4. The molecule has 3 rings (SSSR count). The second kappa shape index (κ2) is 4.23. The Hall–Kier alpha value is -1.79. The van der Waals surface area contributed by atoms with E-state index in [0.29, 0.717) is 6.61 Å². The van der Waals surface area contributed by atoms with Crippen molar-refractivity contribution in [1.29, 1.82) is 0 Å². The molecule has 1 aromatic carbocycles. The van der Waals surface area contributed by atoms with E-state index in [-0.39, 0.29) is 0 Å². The normalized spacial score (nSPS) is 11.1. The van der Waals surface area contributed by atoms with Crippen LogP contribution in [0.5, 0.6) is 0 Å². The maximum absolute atomic E-state index is 5.15. The highest BCUT2D eigenvalue weighted by Gasteiger charge is 2.13. The van der Waals surface area contributed by atoms with Crippen molar-refractivity contribution < 1.29 is 9.37 Å². The molecule has 0 radical (unpaired) electrons. The van der Waals surface area contributed by atoms with Gasteiger partial charge in [-0.05, 0) is 27.9 Å². The van der Waals surface area contributed by atoms with Crippen molar-refractivity contribution in [2.75, 3.05) is 7.11 Å². The molecule has 0 saturated heterocycles. The van der Waals surface area contributed by atoms with Crippen molar-refractivity contribution in [3.05, 3.63) is 29.3 Å². The molecule has 0 aliphatic carbocycles. The number of methoxy groups -OCH3 is 1. The van der Waals surface area contributed by atoms with Crippen LogP contribution in [0.2, 0.25) is 0 Å². The van der Waals surface area contributed by atoms with Crippen molar-refractivity contribution in [1.82, 2.24) is 14.7 Å². The third kappa shape index (κ3) is 1.71. The highest BCUT2D eigenvalue weighted by atomic mass is 32.1. The molecule has 0 amide bonds. The van der Waals surface area contributed by atoms with Gasteiger partial charge >= 0.3 is 0 Å². The second-order valence-electron chi connectivity index (χ2n) is 3.53. The maximum Gasteiger partial charge on any atom is 0.143 e. The van der Waals surface area contributed by atoms with E-state index >= 15 is 0 Å².